The number of hydrogen-bond donors (Lipinski definition) is 2. The average molecular weight is 240 g/mol. The Morgan fingerprint density at radius 2 is 1.82 bits per heavy atom. The molecule has 0 radical (unpaired) electrons. The van der Waals surface area contributed by atoms with Gasteiger partial charge in [-0.05, 0) is 6.42 Å². The maximum Gasteiger partial charge on any atom is 0.303 e. The van der Waals surface area contributed by atoms with Crippen LogP contribution < -0.4 is 5.32 Å². The Bertz CT molecular complexity index is 370. The third-order valence-corrected chi connectivity index (χ3v) is 2.09. The van der Waals surface area contributed by atoms with E-state index in [0.29, 0.717) is 6.42 Å². The molecule has 1 aliphatic heterocycles. The fourth-order valence-electron chi connectivity index (χ4n) is 1.25. The molecule has 92 valence electrons. The first-order valence-corrected chi connectivity index (χ1v) is 5.02. The molecule has 1 aliphatic rings. The molecular formula is C10H12N2O5. The lowest BCUT2D eigenvalue weighted by Crippen LogP contribution is -2.40. The molecule has 0 saturated heterocycles. The smallest absolute Gasteiger partial charge is 0.303 e. The molecule has 0 aromatic rings. The highest BCUT2D eigenvalue weighted by atomic mass is 16.4. The molecule has 0 aromatic carbocycles. The lowest BCUT2D eigenvalue weighted by molar-refractivity contribution is -0.141. The van der Waals surface area contributed by atoms with Crippen LogP contribution in [0.25, 0.3) is 0 Å². The Hall–Kier alpha value is -2.18. The van der Waals surface area contributed by atoms with E-state index in [-0.39, 0.29) is 19.5 Å². The summed E-state index contributed by atoms with van der Waals surface area (Å²) in [5.74, 6) is -2.46. The highest BCUT2D eigenvalue weighted by molar-refractivity contribution is 6.14. The highest BCUT2D eigenvalue weighted by Crippen LogP contribution is 2.02. The van der Waals surface area contributed by atoms with Crippen LogP contribution in [0.1, 0.15) is 12.8 Å². The summed E-state index contributed by atoms with van der Waals surface area (Å²) in [7, 11) is 0. The van der Waals surface area contributed by atoms with Gasteiger partial charge in [0.1, 0.15) is 6.54 Å². The first kappa shape index (κ1) is 12.9. The molecule has 7 nitrogen and oxygen atoms in total. The van der Waals surface area contributed by atoms with Gasteiger partial charge in [0, 0.05) is 25.1 Å². The van der Waals surface area contributed by atoms with E-state index in [1.807, 2.05) is 0 Å². The molecule has 3 amide bonds. The van der Waals surface area contributed by atoms with Gasteiger partial charge in [-0.25, -0.2) is 0 Å². The molecule has 0 aromatic heterocycles. The van der Waals surface area contributed by atoms with E-state index < -0.39 is 23.7 Å². The number of carbonyl (C=O) groups is 4. The fraction of sp³-hybridized carbons (Fsp3) is 0.400. The number of amides is 3. The van der Waals surface area contributed by atoms with Crippen molar-refractivity contribution in [1.29, 1.82) is 0 Å². The van der Waals surface area contributed by atoms with Crippen molar-refractivity contribution in [1.82, 2.24) is 10.2 Å². The Kier molecular flexibility index (Phi) is 4.38. The van der Waals surface area contributed by atoms with Gasteiger partial charge in [0.15, 0.2) is 0 Å². The van der Waals surface area contributed by atoms with E-state index in [9.17, 15) is 19.2 Å². The summed E-state index contributed by atoms with van der Waals surface area (Å²) in [6, 6.07) is 0. The Labute approximate surface area is 97.1 Å². The normalized spacial score (nSPS) is 14.2. The van der Waals surface area contributed by atoms with Crippen LogP contribution in [-0.4, -0.2) is 46.8 Å². The molecule has 2 N–H and O–H groups in total. The second-order valence-electron chi connectivity index (χ2n) is 3.44. The molecule has 0 fully saturated rings. The maximum atomic E-state index is 11.3. The van der Waals surface area contributed by atoms with Gasteiger partial charge in [0.05, 0.1) is 0 Å². The van der Waals surface area contributed by atoms with Gasteiger partial charge in [-0.1, -0.05) is 0 Å². The fourth-order valence-corrected chi connectivity index (χ4v) is 1.25. The standard InChI is InChI=1S/C10H12N2O5/c13-7(11-5-1-2-10(16)17)6-12-8(14)3-4-9(12)15/h3-4H,1-2,5-6H2,(H,11,13)(H,16,17). The molecule has 0 aliphatic carbocycles. The average Bonchev–Trinajstić information content (AvgIpc) is 2.56. The summed E-state index contributed by atoms with van der Waals surface area (Å²) in [6.45, 7) is -0.132. The van der Waals surface area contributed by atoms with Gasteiger partial charge in [-0.3, -0.25) is 24.1 Å². The zero-order valence-electron chi connectivity index (χ0n) is 9.01. The first-order chi connectivity index (χ1) is 8.00. The van der Waals surface area contributed by atoms with E-state index in [0.717, 1.165) is 17.1 Å². The number of carboxylic acid groups (broad SMARTS) is 1. The molecule has 0 spiro atoms. The van der Waals surface area contributed by atoms with Crippen LogP contribution in [0.4, 0.5) is 0 Å². The zero-order chi connectivity index (χ0) is 12.8. The van der Waals surface area contributed by atoms with E-state index in [2.05, 4.69) is 5.32 Å². The van der Waals surface area contributed by atoms with E-state index in [1.54, 1.807) is 0 Å². The maximum absolute atomic E-state index is 11.3. The highest BCUT2D eigenvalue weighted by Gasteiger charge is 2.25. The number of carboxylic acids is 1. The lowest BCUT2D eigenvalue weighted by Gasteiger charge is -2.13. The molecule has 17 heavy (non-hydrogen) atoms. The summed E-state index contributed by atoms with van der Waals surface area (Å²) in [5, 5.41) is 10.8. The van der Waals surface area contributed by atoms with Gasteiger partial charge in [-0.15, -0.1) is 0 Å². The number of carbonyl (C=O) groups excluding carboxylic acids is 3. The van der Waals surface area contributed by atoms with Gasteiger partial charge in [0.25, 0.3) is 11.8 Å². The predicted molar refractivity (Wildman–Crippen MR) is 55.7 cm³/mol. The van der Waals surface area contributed by atoms with Crippen molar-refractivity contribution in [3.63, 3.8) is 0 Å². The SMILES string of the molecule is O=C(O)CCCNC(=O)CN1C(=O)C=CC1=O. The van der Waals surface area contributed by atoms with Crippen molar-refractivity contribution < 1.29 is 24.3 Å². The first-order valence-electron chi connectivity index (χ1n) is 5.02. The minimum Gasteiger partial charge on any atom is -0.481 e. The van der Waals surface area contributed by atoms with Gasteiger partial charge < -0.3 is 10.4 Å². The number of aliphatic carboxylic acids is 1. The molecular weight excluding hydrogens is 228 g/mol. The molecule has 0 atom stereocenters. The van der Waals surface area contributed by atoms with E-state index >= 15 is 0 Å². The van der Waals surface area contributed by atoms with Gasteiger partial charge in [0.2, 0.25) is 5.91 Å². The summed E-state index contributed by atoms with van der Waals surface area (Å²) in [6.07, 6.45) is 2.46. The largest absolute Gasteiger partial charge is 0.481 e. The number of nitrogens with zero attached hydrogens (tertiary/aromatic N) is 1. The van der Waals surface area contributed by atoms with Crippen LogP contribution in [0.5, 0.6) is 0 Å². The van der Waals surface area contributed by atoms with Crippen molar-refractivity contribution in [3.05, 3.63) is 12.2 Å². The number of imide groups is 1. The minimum atomic E-state index is -0.937. The van der Waals surface area contributed by atoms with Crippen molar-refractivity contribution in [2.45, 2.75) is 12.8 Å². The molecule has 0 bridgehead atoms. The third kappa shape index (κ3) is 4.06. The van der Waals surface area contributed by atoms with Crippen molar-refractivity contribution >= 4 is 23.7 Å². The van der Waals surface area contributed by atoms with Gasteiger partial charge >= 0.3 is 5.97 Å². The third-order valence-electron chi connectivity index (χ3n) is 2.09. The van der Waals surface area contributed by atoms with Crippen molar-refractivity contribution in [2.24, 2.45) is 0 Å². The Balaban J connectivity index is 2.24. The van der Waals surface area contributed by atoms with Gasteiger partial charge in [-0.2, -0.15) is 0 Å². The predicted octanol–water partition coefficient (Wildman–Crippen LogP) is -1.11. The summed E-state index contributed by atoms with van der Waals surface area (Å²) in [4.78, 5) is 44.5. The number of nitrogens with one attached hydrogen (secondary N) is 1. The van der Waals surface area contributed by atoms with E-state index in [1.165, 1.54) is 0 Å². The summed E-state index contributed by atoms with van der Waals surface area (Å²) >= 11 is 0. The second-order valence-corrected chi connectivity index (χ2v) is 3.44. The molecule has 0 unspecified atom stereocenters. The number of rotatable bonds is 6. The second kappa shape index (κ2) is 5.78. The molecule has 7 heteroatoms. The van der Waals surface area contributed by atoms with Crippen LogP contribution in [0.3, 0.4) is 0 Å². The summed E-state index contributed by atoms with van der Waals surface area (Å²) in [5.41, 5.74) is 0. The quantitative estimate of drug-likeness (QED) is 0.452. The topological polar surface area (TPSA) is 104 Å². The van der Waals surface area contributed by atoms with Crippen LogP contribution in [0.15, 0.2) is 12.2 Å². The lowest BCUT2D eigenvalue weighted by atomic mass is 10.3. The summed E-state index contributed by atoms with van der Waals surface area (Å²) < 4.78 is 0. The Morgan fingerprint density at radius 1 is 1.24 bits per heavy atom. The van der Waals surface area contributed by atoms with E-state index in [4.69, 9.17) is 5.11 Å². The Morgan fingerprint density at radius 3 is 2.35 bits per heavy atom. The zero-order valence-corrected chi connectivity index (χ0v) is 9.01. The molecule has 0 saturated carbocycles. The monoisotopic (exact) mass is 240 g/mol. The minimum absolute atomic E-state index is 0.0383. The number of hydrogen-bond acceptors (Lipinski definition) is 4. The van der Waals surface area contributed by atoms with Crippen LogP contribution in [0, 0.1) is 0 Å². The van der Waals surface area contributed by atoms with Crippen molar-refractivity contribution in [3.8, 4) is 0 Å². The van der Waals surface area contributed by atoms with Crippen molar-refractivity contribution in [2.75, 3.05) is 13.1 Å². The van der Waals surface area contributed by atoms with Crippen LogP contribution in [0.2, 0.25) is 0 Å². The van der Waals surface area contributed by atoms with Crippen LogP contribution in [-0.2, 0) is 19.2 Å². The molecule has 1 rings (SSSR count). The molecule has 1 heterocycles. The van der Waals surface area contributed by atoms with Crippen LogP contribution >= 0.6 is 0 Å².